The number of piperazine rings is 1. The molecule has 0 aliphatic carbocycles. The first-order valence-electron chi connectivity index (χ1n) is 19.1. The molecule has 2 N–H and O–H groups in total. The highest BCUT2D eigenvalue weighted by Gasteiger charge is 2.28. The number of nitro benzene ring substituents is 1. The highest BCUT2D eigenvalue weighted by Crippen LogP contribution is 2.35. The molecule has 0 bridgehead atoms. The summed E-state index contributed by atoms with van der Waals surface area (Å²) in [6, 6.07) is 32.5. The number of nitrogens with zero attached hydrogens (tertiary/aromatic N) is 6. The van der Waals surface area contributed by atoms with Gasteiger partial charge in [0.25, 0.3) is 15.7 Å². The van der Waals surface area contributed by atoms with Crippen LogP contribution in [0.4, 0.5) is 31.7 Å². The second-order valence-corrected chi connectivity index (χ2v) is 17.3. The zero-order chi connectivity index (χ0) is 41.5. The van der Waals surface area contributed by atoms with Crippen molar-refractivity contribution in [2.45, 2.75) is 28.8 Å². The van der Waals surface area contributed by atoms with Gasteiger partial charge in [-0.15, -0.1) is 11.8 Å². The molecular formula is C43H44F2N8O4S2. The van der Waals surface area contributed by atoms with E-state index in [9.17, 15) is 18.5 Å². The summed E-state index contributed by atoms with van der Waals surface area (Å²) in [5.74, 6) is -1.60. The second kappa shape index (κ2) is 18.5. The summed E-state index contributed by atoms with van der Waals surface area (Å²) in [7, 11) is -0.647. The molecular weight excluding hydrogens is 795 g/mol. The van der Waals surface area contributed by atoms with Crippen LogP contribution >= 0.6 is 11.8 Å². The van der Waals surface area contributed by atoms with Gasteiger partial charge in [0, 0.05) is 60.9 Å². The molecule has 6 aromatic rings. The molecule has 1 fully saturated rings. The van der Waals surface area contributed by atoms with E-state index < -0.39 is 37.2 Å². The molecule has 0 spiro atoms. The Morgan fingerprint density at radius 1 is 0.898 bits per heavy atom. The average molecular weight is 839 g/mol. The molecule has 16 heteroatoms. The van der Waals surface area contributed by atoms with Crippen molar-refractivity contribution in [1.29, 1.82) is 0 Å². The summed E-state index contributed by atoms with van der Waals surface area (Å²) < 4.78 is 61.9. The van der Waals surface area contributed by atoms with Crippen LogP contribution in [0.2, 0.25) is 0 Å². The molecule has 0 radical (unpaired) electrons. The lowest BCUT2D eigenvalue weighted by Crippen LogP contribution is -2.46. The summed E-state index contributed by atoms with van der Waals surface area (Å²) >= 11 is 1.61. The Morgan fingerprint density at radius 2 is 1.59 bits per heavy atom. The SMILES string of the molecule is CN(C)CC[C@H](CSc1ccccc1)Nc1ccc(S(=O)(=O)Nc2ncnc3c(F)c(N4CCN(Cc5ccccc5-c5ccccc5)CC4)c(F)cc23)cc1[N+](=O)[O-]. The minimum absolute atomic E-state index is 0.161. The maximum Gasteiger partial charge on any atom is 0.293 e. The molecule has 1 aromatic heterocycles. The first-order chi connectivity index (χ1) is 28.5. The van der Waals surface area contributed by atoms with Crippen LogP contribution in [0.15, 0.2) is 125 Å². The summed E-state index contributed by atoms with van der Waals surface area (Å²) in [4.78, 5) is 26.2. The lowest BCUT2D eigenvalue weighted by Gasteiger charge is -2.36. The van der Waals surface area contributed by atoms with Crippen LogP contribution in [-0.2, 0) is 16.6 Å². The standard InChI is InChI=1S/C43H44F2N8O4S2/c1-50(2)20-19-32(28-58-33-14-7-4-8-15-33)48-38-18-17-34(25-39(38)53(54)55)59(56,57)49-43-36-26-37(44)42(40(45)41(36)46-29-47-43)52-23-21-51(22-24-52)27-31-13-9-10-16-35(31)30-11-5-3-6-12-30/h3-18,25-26,29,32,48H,19-24,27-28H2,1-2H3,(H,46,47,49)/t32-/m1/s1. The molecule has 59 heavy (non-hydrogen) atoms. The van der Waals surface area contributed by atoms with E-state index >= 15 is 8.78 Å². The Kier molecular flexibility index (Phi) is 13.0. The van der Waals surface area contributed by atoms with Gasteiger partial charge in [-0.25, -0.2) is 27.2 Å². The van der Waals surface area contributed by atoms with E-state index in [-0.39, 0.29) is 34.1 Å². The fraction of sp³-hybridized carbons (Fsp3) is 0.256. The van der Waals surface area contributed by atoms with Gasteiger partial charge in [0.1, 0.15) is 29.0 Å². The number of hydrogen-bond acceptors (Lipinski definition) is 11. The van der Waals surface area contributed by atoms with Gasteiger partial charge in [0.2, 0.25) is 0 Å². The van der Waals surface area contributed by atoms with Gasteiger partial charge in [0.15, 0.2) is 11.6 Å². The van der Waals surface area contributed by atoms with Gasteiger partial charge in [0.05, 0.1) is 9.82 Å². The van der Waals surface area contributed by atoms with Crippen molar-refractivity contribution in [2.75, 3.05) is 67.5 Å². The van der Waals surface area contributed by atoms with Crippen LogP contribution in [-0.4, -0.2) is 91.7 Å². The predicted octanol–water partition coefficient (Wildman–Crippen LogP) is 8.13. The van der Waals surface area contributed by atoms with Gasteiger partial charge < -0.3 is 15.1 Å². The minimum Gasteiger partial charge on any atom is -0.376 e. The van der Waals surface area contributed by atoms with Crippen molar-refractivity contribution in [1.82, 2.24) is 19.8 Å². The third-order valence-electron chi connectivity index (χ3n) is 10.2. The van der Waals surface area contributed by atoms with Crippen LogP contribution in [0.1, 0.15) is 12.0 Å². The Balaban J connectivity index is 1.07. The monoisotopic (exact) mass is 838 g/mol. The number of sulfonamides is 1. The molecule has 1 atom stereocenters. The number of aromatic nitrogens is 2. The van der Waals surface area contributed by atoms with Gasteiger partial charge >= 0.3 is 0 Å². The summed E-state index contributed by atoms with van der Waals surface area (Å²) in [6.45, 7) is 3.20. The largest absolute Gasteiger partial charge is 0.376 e. The molecule has 1 aliphatic heterocycles. The van der Waals surface area contributed by atoms with E-state index in [1.807, 2.05) is 79.7 Å². The number of rotatable bonds is 16. The molecule has 7 rings (SSSR count). The first-order valence-corrected chi connectivity index (χ1v) is 21.6. The molecule has 2 heterocycles. The van der Waals surface area contributed by atoms with Crippen LogP contribution in [0.5, 0.6) is 0 Å². The van der Waals surface area contributed by atoms with Crippen molar-refractivity contribution < 1.29 is 22.1 Å². The molecule has 12 nitrogen and oxygen atoms in total. The first kappa shape index (κ1) is 41.5. The number of thioether (sulfide) groups is 1. The van der Waals surface area contributed by atoms with Gasteiger partial charge in [-0.1, -0.05) is 72.8 Å². The second-order valence-electron chi connectivity index (χ2n) is 14.5. The van der Waals surface area contributed by atoms with Crippen molar-refractivity contribution in [2.24, 2.45) is 0 Å². The van der Waals surface area contributed by atoms with Gasteiger partial charge in [-0.3, -0.25) is 19.7 Å². The Hall–Kier alpha value is -5.68. The Bertz CT molecular complexity index is 2530. The van der Waals surface area contributed by atoms with E-state index in [4.69, 9.17) is 0 Å². The Morgan fingerprint density at radius 3 is 2.31 bits per heavy atom. The minimum atomic E-state index is -4.53. The summed E-state index contributed by atoms with van der Waals surface area (Å²) in [5.41, 5.74) is 2.61. The number of fused-ring (bicyclic) bond motifs is 1. The van der Waals surface area contributed by atoms with Crippen molar-refractivity contribution in [3.63, 3.8) is 0 Å². The number of benzene rings is 5. The van der Waals surface area contributed by atoms with Gasteiger partial charge in [-0.05, 0) is 74.1 Å². The number of halogens is 2. The van der Waals surface area contributed by atoms with Crippen LogP contribution in [0.25, 0.3) is 22.0 Å². The molecule has 1 aliphatic rings. The molecule has 1 saturated heterocycles. The number of anilines is 3. The highest BCUT2D eigenvalue weighted by molar-refractivity contribution is 7.99. The zero-order valence-corrected chi connectivity index (χ0v) is 34.2. The van der Waals surface area contributed by atoms with E-state index in [0.717, 1.165) is 40.0 Å². The van der Waals surface area contributed by atoms with Crippen molar-refractivity contribution >= 4 is 55.6 Å². The van der Waals surface area contributed by atoms with Crippen molar-refractivity contribution in [3.05, 3.63) is 143 Å². The van der Waals surface area contributed by atoms with Crippen LogP contribution in [0.3, 0.4) is 0 Å². The molecule has 5 aromatic carbocycles. The predicted molar refractivity (Wildman–Crippen MR) is 230 cm³/mol. The normalized spacial score (nSPS) is 14.1. The van der Waals surface area contributed by atoms with E-state index in [1.54, 1.807) is 16.7 Å². The quantitative estimate of drug-likeness (QED) is 0.0556. The van der Waals surface area contributed by atoms with E-state index in [0.29, 0.717) is 51.4 Å². The third-order valence-corrected chi connectivity index (χ3v) is 12.7. The maximum absolute atomic E-state index is 16.2. The topological polar surface area (TPSA) is 137 Å². The highest BCUT2D eigenvalue weighted by atomic mass is 32.2. The molecule has 0 amide bonds. The fourth-order valence-electron chi connectivity index (χ4n) is 7.10. The average Bonchev–Trinajstić information content (AvgIpc) is 3.23. The van der Waals surface area contributed by atoms with Crippen LogP contribution < -0.4 is 14.9 Å². The third kappa shape index (κ3) is 9.96. The number of nitrogens with one attached hydrogen (secondary N) is 2. The molecule has 306 valence electrons. The molecule has 0 saturated carbocycles. The fourth-order valence-corrected chi connectivity index (χ4v) is 9.14. The van der Waals surface area contributed by atoms with Gasteiger partial charge in [-0.2, -0.15) is 0 Å². The Labute approximate surface area is 346 Å². The smallest absolute Gasteiger partial charge is 0.293 e. The molecule has 0 unspecified atom stereocenters. The van der Waals surface area contributed by atoms with Crippen molar-refractivity contribution in [3.8, 4) is 11.1 Å². The van der Waals surface area contributed by atoms with E-state index in [1.165, 1.54) is 12.1 Å². The number of nitro groups is 1. The zero-order valence-electron chi connectivity index (χ0n) is 32.6. The lowest BCUT2D eigenvalue weighted by molar-refractivity contribution is -0.384. The van der Waals surface area contributed by atoms with E-state index in [2.05, 4.69) is 49.2 Å². The summed E-state index contributed by atoms with van der Waals surface area (Å²) in [5, 5.41) is 15.4. The number of hydrogen-bond donors (Lipinski definition) is 2. The summed E-state index contributed by atoms with van der Waals surface area (Å²) in [6.07, 6.45) is 1.66. The van der Waals surface area contributed by atoms with Crippen LogP contribution in [0, 0.1) is 21.7 Å². The maximum atomic E-state index is 16.2. The lowest BCUT2D eigenvalue weighted by atomic mass is 9.99.